The van der Waals surface area contributed by atoms with Crippen LogP contribution in [0, 0.1) is 0 Å². The van der Waals surface area contributed by atoms with E-state index in [-0.39, 0.29) is 12.1 Å². The van der Waals surface area contributed by atoms with Crippen LogP contribution in [0.25, 0.3) is 0 Å². The number of hydrogen-bond donors (Lipinski definition) is 1. The van der Waals surface area contributed by atoms with Crippen molar-refractivity contribution in [2.45, 2.75) is 25.6 Å². The van der Waals surface area contributed by atoms with Crippen LogP contribution in [0.1, 0.15) is 30.4 Å². The number of nitrogens with one attached hydrogen (secondary N) is 1. The number of benzene rings is 1. The van der Waals surface area contributed by atoms with Crippen LogP contribution in [0.5, 0.6) is 5.75 Å². The molecule has 3 aromatic rings. The molecule has 138 valence electrons. The molecule has 1 N–H and O–H groups in total. The summed E-state index contributed by atoms with van der Waals surface area (Å²) in [6.45, 7) is 3.04. The van der Waals surface area contributed by atoms with Crippen LogP contribution in [0.2, 0.25) is 0 Å². The molecule has 1 aliphatic rings. The van der Waals surface area contributed by atoms with Gasteiger partial charge in [0.05, 0.1) is 24.5 Å². The molecule has 0 unspecified atom stereocenters. The Morgan fingerprint density at radius 3 is 2.67 bits per heavy atom. The maximum absolute atomic E-state index is 5.76. The van der Waals surface area contributed by atoms with Crippen LogP contribution in [-0.2, 0) is 6.54 Å². The van der Waals surface area contributed by atoms with E-state index in [1.165, 1.54) is 5.69 Å². The first-order valence-corrected chi connectivity index (χ1v) is 9.44. The Morgan fingerprint density at radius 2 is 1.93 bits per heavy atom. The van der Waals surface area contributed by atoms with Crippen molar-refractivity contribution in [1.29, 1.82) is 0 Å². The van der Waals surface area contributed by atoms with Crippen molar-refractivity contribution >= 4 is 23.0 Å². The molecule has 6 heteroatoms. The van der Waals surface area contributed by atoms with Crippen LogP contribution < -0.4 is 15.0 Å². The number of pyridine rings is 1. The summed E-state index contributed by atoms with van der Waals surface area (Å²) in [4.78, 5) is 6.74. The number of para-hydroxylation sites is 2. The lowest BCUT2D eigenvalue weighted by Gasteiger charge is -2.29. The van der Waals surface area contributed by atoms with Crippen LogP contribution >= 0.6 is 12.2 Å². The first kappa shape index (κ1) is 17.5. The van der Waals surface area contributed by atoms with Crippen molar-refractivity contribution in [2.75, 3.05) is 12.0 Å². The third-order valence-corrected chi connectivity index (χ3v) is 5.27. The zero-order valence-corrected chi connectivity index (χ0v) is 16.2. The van der Waals surface area contributed by atoms with Gasteiger partial charge in [-0.2, -0.15) is 0 Å². The third kappa shape index (κ3) is 3.06. The van der Waals surface area contributed by atoms with Gasteiger partial charge < -0.3 is 19.5 Å². The molecule has 0 aliphatic carbocycles. The monoisotopic (exact) mass is 378 g/mol. The molecule has 1 saturated heterocycles. The summed E-state index contributed by atoms with van der Waals surface area (Å²) in [5, 5.41) is 4.16. The SMILES string of the molecule is CCn1cccc1[C@H]1[C@@H](c2ccccn2)NC(=S)N1c1ccccc1OC. The Morgan fingerprint density at radius 1 is 1.11 bits per heavy atom. The van der Waals surface area contributed by atoms with E-state index in [1.807, 2.05) is 48.7 Å². The molecule has 1 fully saturated rings. The Bertz CT molecular complexity index is 940. The van der Waals surface area contributed by atoms with Gasteiger partial charge in [0.2, 0.25) is 0 Å². The molecule has 0 saturated carbocycles. The molecule has 0 radical (unpaired) electrons. The van der Waals surface area contributed by atoms with Crippen LogP contribution in [-0.4, -0.2) is 21.8 Å². The van der Waals surface area contributed by atoms with Crippen molar-refractivity contribution in [2.24, 2.45) is 0 Å². The summed E-state index contributed by atoms with van der Waals surface area (Å²) in [6.07, 6.45) is 3.92. The van der Waals surface area contributed by atoms with Gasteiger partial charge >= 0.3 is 0 Å². The number of thiocarbonyl (C=S) groups is 1. The average Bonchev–Trinajstić information content (AvgIpc) is 3.32. The van der Waals surface area contributed by atoms with E-state index < -0.39 is 0 Å². The second kappa shape index (κ2) is 7.40. The average molecular weight is 379 g/mol. The van der Waals surface area contributed by atoms with E-state index in [9.17, 15) is 0 Å². The van der Waals surface area contributed by atoms with E-state index in [1.54, 1.807) is 7.11 Å². The summed E-state index contributed by atoms with van der Waals surface area (Å²) in [5.41, 5.74) is 3.10. The molecule has 2 aromatic heterocycles. The topological polar surface area (TPSA) is 42.3 Å². The Labute approximate surface area is 164 Å². The van der Waals surface area contributed by atoms with Crippen molar-refractivity contribution in [3.05, 3.63) is 78.4 Å². The quantitative estimate of drug-likeness (QED) is 0.678. The van der Waals surface area contributed by atoms with E-state index >= 15 is 0 Å². The lowest BCUT2D eigenvalue weighted by Crippen LogP contribution is -2.30. The maximum Gasteiger partial charge on any atom is 0.174 e. The van der Waals surface area contributed by atoms with E-state index in [2.05, 4.69) is 45.0 Å². The van der Waals surface area contributed by atoms with E-state index in [4.69, 9.17) is 17.0 Å². The summed E-state index contributed by atoms with van der Waals surface area (Å²) in [5.74, 6) is 0.794. The molecule has 0 bridgehead atoms. The van der Waals surface area contributed by atoms with Crippen LogP contribution in [0.3, 0.4) is 0 Å². The highest BCUT2D eigenvalue weighted by Crippen LogP contribution is 2.44. The van der Waals surface area contributed by atoms with Crippen LogP contribution in [0.4, 0.5) is 5.69 Å². The van der Waals surface area contributed by atoms with Gasteiger partial charge in [-0.25, -0.2) is 0 Å². The normalized spacial score (nSPS) is 19.2. The molecule has 2 atom stereocenters. The number of ether oxygens (including phenoxy) is 1. The number of aromatic nitrogens is 2. The molecule has 0 spiro atoms. The third-order valence-electron chi connectivity index (χ3n) is 4.95. The fourth-order valence-corrected chi connectivity index (χ4v) is 4.07. The highest BCUT2D eigenvalue weighted by atomic mass is 32.1. The lowest BCUT2D eigenvalue weighted by molar-refractivity contribution is 0.414. The predicted octanol–water partition coefficient (Wildman–Crippen LogP) is 4.09. The largest absolute Gasteiger partial charge is 0.495 e. The fourth-order valence-electron chi connectivity index (χ4n) is 3.73. The second-order valence-electron chi connectivity index (χ2n) is 6.39. The number of methoxy groups -OCH3 is 1. The van der Waals surface area contributed by atoms with Crippen molar-refractivity contribution in [3.63, 3.8) is 0 Å². The minimum atomic E-state index is -0.0520. The number of nitrogens with zero attached hydrogens (tertiary/aromatic N) is 3. The minimum absolute atomic E-state index is 0.0290. The Balaban J connectivity index is 1.88. The van der Waals surface area contributed by atoms with Gasteiger partial charge in [-0.1, -0.05) is 18.2 Å². The standard InChI is InChI=1S/C21H22N4OS/c1-3-24-14-8-11-17(24)20-19(15-9-6-7-13-22-15)23-21(27)25(20)16-10-4-5-12-18(16)26-2/h4-14,19-20H,3H2,1-2H3,(H,23,27)/t19-,20+/m1/s1. The van der Waals surface area contributed by atoms with Gasteiger partial charge in [0.15, 0.2) is 5.11 Å². The van der Waals surface area contributed by atoms with Crippen molar-refractivity contribution in [3.8, 4) is 5.75 Å². The first-order chi connectivity index (χ1) is 13.2. The Hall–Kier alpha value is -2.86. The van der Waals surface area contributed by atoms with Gasteiger partial charge in [-0.15, -0.1) is 0 Å². The summed E-state index contributed by atoms with van der Waals surface area (Å²) < 4.78 is 7.87. The number of rotatable bonds is 5. The van der Waals surface area contributed by atoms with Crippen molar-refractivity contribution < 1.29 is 4.74 Å². The molecule has 0 amide bonds. The van der Waals surface area contributed by atoms with Crippen molar-refractivity contribution in [1.82, 2.24) is 14.9 Å². The number of anilines is 1. The number of aryl methyl sites for hydroxylation is 1. The minimum Gasteiger partial charge on any atom is -0.495 e. The van der Waals surface area contributed by atoms with Crippen LogP contribution in [0.15, 0.2) is 67.0 Å². The predicted molar refractivity (Wildman–Crippen MR) is 111 cm³/mol. The number of hydrogen-bond acceptors (Lipinski definition) is 3. The molecular weight excluding hydrogens is 356 g/mol. The Kier molecular flexibility index (Phi) is 4.81. The fraction of sp³-hybridized carbons (Fsp3) is 0.238. The molecule has 27 heavy (non-hydrogen) atoms. The summed E-state index contributed by atoms with van der Waals surface area (Å²) >= 11 is 5.76. The highest BCUT2D eigenvalue weighted by molar-refractivity contribution is 7.80. The summed E-state index contributed by atoms with van der Waals surface area (Å²) in [6, 6.07) is 18.1. The van der Waals surface area contributed by atoms with Gasteiger partial charge in [0.25, 0.3) is 0 Å². The molecule has 5 nitrogen and oxygen atoms in total. The molecule has 3 heterocycles. The van der Waals surface area contributed by atoms with E-state index in [0.29, 0.717) is 5.11 Å². The van der Waals surface area contributed by atoms with Gasteiger partial charge in [-0.3, -0.25) is 4.98 Å². The lowest BCUT2D eigenvalue weighted by atomic mass is 10.0. The van der Waals surface area contributed by atoms with Gasteiger partial charge in [0, 0.05) is 24.6 Å². The zero-order valence-electron chi connectivity index (χ0n) is 15.4. The smallest absolute Gasteiger partial charge is 0.174 e. The van der Waals surface area contributed by atoms with Gasteiger partial charge in [0.1, 0.15) is 11.8 Å². The van der Waals surface area contributed by atoms with E-state index in [0.717, 1.165) is 23.7 Å². The molecule has 4 rings (SSSR count). The zero-order chi connectivity index (χ0) is 18.8. The molecular formula is C21H22N4OS. The summed E-state index contributed by atoms with van der Waals surface area (Å²) in [7, 11) is 1.69. The molecule has 1 aliphatic heterocycles. The second-order valence-corrected chi connectivity index (χ2v) is 6.77. The first-order valence-electron chi connectivity index (χ1n) is 9.03. The van der Waals surface area contributed by atoms with Gasteiger partial charge in [-0.05, 0) is 55.5 Å². The maximum atomic E-state index is 5.76. The highest BCUT2D eigenvalue weighted by Gasteiger charge is 2.42. The molecule has 1 aromatic carbocycles.